The predicted octanol–water partition coefficient (Wildman–Crippen LogP) is 2.80. The highest BCUT2D eigenvalue weighted by molar-refractivity contribution is 8.00. The van der Waals surface area contributed by atoms with Crippen molar-refractivity contribution in [1.82, 2.24) is 15.1 Å². The second-order valence-corrected chi connectivity index (χ2v) is 9.89. The second kappa shape index (κ2) is 7.45. The van der Waals surface area contributed by atoms with E-state index in [-0.39, 0.29) is 0 Å². The summed E-state index contributed by atoms with van der Waals surface area (Å²) in [5.74, 6) is 3.23. The van der Waals surface area contributed by atoms with Crippen LogP contribution >= 0.6 is 11.8 Å². The topological polar surface area (TPSA) is 30.9 Å². The van der Waals surface area contributed by atoms with E-state index in [0.717, 1.165) is 31.0 Å². The number of nitrogens with zero attached hydrogens (tertiary/aromatic N) is 3. The third-order valence-electron chi connectivity index (χ3n) is 6.45. The van der Waals surface area contributed by atoms with Crippen molar-refractivity contribution in [1.29, 1.82) is 0 Å². The molecule has 4 rings (SSSR count). The van der Waals surface area contributed by atoms with Gasteiger partial charge >= 0.3 is 0 Å². The van der Waals surface area contributed by atoms with E-state index in [0.29, 0.717) is 4.75 Å². The molecule has 1 atom stereocenters. The van der Waals surface area contributed by atoms with Gasteiger partial charge in [0, 0.05) is 49.8 Å². The van der Waals surface area contributed by atoms with Gasteiger partial charge in [0.2, 0.25) is 0 Å². The molecule has 1 unspecified atom stereocenters. The van der Waals surface area contributed by atoms with E-state index in [9.17, 15) is 0 Å². The predicted molar refractivity (Wildman–Crippen MR) is 104 cm³/mol. The van der Waals surface area contributed by atoms with Crippen molar-refractivity contribution >= 4 is 17.7 Å². The molecule has 136 valence electrons. The molecule has 2 heterocycles. The van der Waals surface area contributed by atoms with Crippen LogP contribution in [0.15, 0.2) is 4.99 Å². The minimum atomic E-state index is 0.518. The van der Waals surface area contributed by atoms with E-state index < -0.39 is 0 Å². The van der Waals surface area contributed by atoms with Gasteiger partial charge in [0.05, 0.1) is 0 Å². The molecule has 1 N–H and O–H groups in total. The van der Waals surface area contributed by atoms with Gasteiger partial charge in [0.1, 0.15) is 0 Å². The molecule has 0 aromatic carbocycles. The Hall–Kier alpha value is -0.420. The van der Waals surface area contributed by atoms with E-state index in [1.807, 2.05) is 7.05 Å². The molecule has 2 aliphatic carbocycles. The Bertz CT molecular complexity index is 451. The maximum Gasteiger partial charge on any atom is 0.193 e. The fraction of sp³-hybridized carbons (Fsp3) is 0.947. The Morgan fingerprint density at radius 3 is 2.75 bits per heavy atom. The molecule has 0 radical (unpaired) electrons. The van der Waals surface area contributed by atoms with Crippen molar-refractivity contribution in [2.75, 3.05) is 45.5 Å². The van der Waals surface area contributed by atoms with Gasteiger partial charge in [-0.25, -0.2) is 0 Å². The molecule has 2 saturated heterocycles. The van der Waals surface area contributed by atoms with Crippen LogP contribution in [-0.4, -0.2) is 72.1 Å². The molecular weight excluding hydrogens is 316 g/mol. The average Bonchev–Trinajstić information content (AvgIpc) is 3.35. The van der Waals surface area contributed by atoms with Crippen LogP contribution in [0.2, 0.25) is 0 Å². The lowest BCUT2D eigenvalue weighted by atomic mass is 9.87. The number of aliphatic imine (C=N–C) groups is 1. The van der Waals surface area contributed by atoms with Crippen molar-refractivity contribution in [2.24, 2.45) is 10.9 Å². The zero-order valence-corrected chi connectivity index (χ0v) is 16.1. The Kier molecular flexibility index (Phi) is 5.28. The highest BCUT2D eigenvalue weighted by Gasteiger charge is 2.38. The summed E-state index contributed by atoms with van der Waals surface area (Å²) < 4.78 is 0.518. The molecule has 0 bridgehead atoms. The Morgan fingerprint density at radius 1 is 1.17 bits per heavy atom. The lowest BCUT2D eigenvalue weighted by Crippen LogP contribution is -2.54. The van der Waals surface area contributed by atoms with Crippen LogP contribution in [0.1, 0.15) is 51.4 Å². The molecule has 5 heteroatoms. The van der Waals surface area contributed by atoms with Crippen LogP contribution in [0, 0.1) is 5.92 Å². The largest absolute Gasteiger partial charge is 0.356 e. The summed E-state index contributed by atoms with van der Waals surface area (Å²) in [5, 5.41) is 3.72. The van der Waals surface area contributed by atoms with Crippen LogP contribution in [-0.2, 0) is 0 Å². The van der Waals surface area contributed by atoms with Crippen LogP contribution in [0.25, 0.3) is 0 Å². The van der Waals surface area contributed by atoms with Crippen molar-refractivity contribution in [3.8, 4) is 0 Å². The third kappa shape index (κ3) is 3.87. The molecule has 0 amide bonds. The molecular formula is C19H34N4S. The van der Waals surface area contributed by atoms with E-state index in [4.69, 9.17) is 0 Å². The summed E-state index contributed by atoms with van der Waals surface area (Å²) >= 11 is 2.24. The monoisotopic (exact) mass is 350 g/mol. The molecule has 0 aromatic heterocycles. The molecule has 2 saturated carbocycles. The van der Waals surface area contributed by atoms with Crippen LogP contribution < -0.4 is 5.32 Å². The van der Waals surface area contributed by atoms with Gasteiger partial charge < -0.3 is 15.1 Å². The van der Waals surface area contributed by atoms with E-state index in [1.54, 1.807) is 0 Å². The normalized spacial score (nSPS) is 31.6. The molecule has 24 heavy (non-hydrogen) atoms. The van der Waals surface area contributed by atoms with Gasteiger partial charge in [-0.1, -0.05) is 19.3 Å². The average molecular weight is 351 g/mol. The Morgan fingerprint density at radius 2 is 2.00 bits per heavy atom. The van der Waals surface area contributed by atoms with E-state index >= 15 is 0 Å². The Balaban J connectivity index is 1.28. The lowest BCUT2D eigenvalue weighted by Gasteiger charge is -2.45. The van der Waals surface area contributed by atoms with Crippen LogP contribution in [0.4, 0.5) is 0 Å². The smallest absolute Gasteiger partial charge is 0.193 e. The molecule has 4 nitrogen and oxygen atoms in total. The summed E-state index contributed by atoms with van der Waals surface area (Å²) in [4.78, 5) is 9.89. The first-order valence-electron chi connectivity index (χ1n) is 10.1. The van der Waals surface area contributed by atoms with Gasteiger partial charge in [-0.3, -0.25) is 4.99 Å². The summed E-state index contributed by atoms with van der Waals surface area (Å²) in [6.07, 6.45) is 11.3. The highest BCUT2D eigenvalue weighted by Crippen LogP contribution is 2.42. The first kappa shape index (κ1) is 17.0. The quantitative estimate of drug-likeness (QED) is 0.626. The minimum Gasteiger partial charge on any atom is -0.356 e. The number of rotatable bonds is 3. The number of nitrogens with one attached hydrogen (secondary N) is 1. The minimum absolute atomic E-state index is 0.518. The first-order chi connectivity index (χ1) is 11.8. The maximum absolute atomic E-state index is 4.63. The number of thioether (sulfide) groups is 1. The third-order valence-corrected chi connectivity index (χ3v) is 7.99. The van der Waals surface area contributed by atoms with Gasteiger partial charge in [-0.05, 0) is 44.6 Å². The zero-order valence-electron chi connectivity index (χ0n) is 15.3. The fourth-order valence-corrected chi connectivity index (χ4v) is 6.46. The lowest BCUT2D eigenvalue weighted by molar-refractivity contribution is 0.290. The van der Waals surface area contributed by atoms with Crippen molar-refractivity contribution in [2.45, 2.75) is 62.2 Å². The standard InChI is InChI=1S/C19H34N4S/c1-20-18(21-13-16-7-10-22(14-16)17-5-6-17)23-11-12-24-19(15-23)8-3-2-4-9-19/h16-17H,2-15H2,1H3,(H,20,21). The number of likely N-dealkylation sites (tertiary alicyclic amines) is 1. The summed E-state index contributed by atoms with van der Waals surface area (Å²) in [7, 11) is 1.96. The molecule has 1 spiro atoms. The first-order valence-corrected chi connectivity index (χ1v) is 11.1. The molecule has 0 aromatic rings. The van der Waals surface area contributed by atoms with E-state index in [1.165, 1.54) is 76.8 Å². The summed E-state index contributed by atoms with van der Waals surface area (Å²) in [5.41, 5.74) is 0. The van der Waals surface area contributed by atoms with Crippen molar-refractivity contribution in [3.05, 3.63) is 0 Å². The van der Waals surface area contributed by atoms with Crippen LogP contribution in [0.5, 0.6) is 0 Å². The molecule has 2 aliphatic heterocycles. The van der Waals surface area contributed by atoms with Crippen molar-refractivity contribution < 1.29 is 0 Å². The van der Waals surface area contributed by atoms with Gasteiger partial charge in [-0.2, -0.15) is 11.8 Å². The SMILES string of the molecule is CN=C(NCC1CCN(C2CC2)C1)N1CCSC2(CCCCC2)C1. The highest BCUT2D eigenvalue weighted by atomic mass is 32.2. The van der Waals surface area contributed by atoms with Crippen LogP contribution in [0.3, 0.4) is 0 Å². The van der Waals surface area contributed by atoms with Gasteiger partial charge in [0.15, 0.2) is 5.96 Å². The summed E-state index contributed by atoms with van der Waals surface area (Å²) in [6.45, 7) is 6.08. The summed E-state index contributed by atoms with van der Waals surface area (Å²) in [6, 6.07) is 0.930. The second-order valence-electron chi connectivity index (χ2n) is 8.32. The maximum atomic E-state index is 4.63. The number of hydrogen-bond donors (Lipinski definition) is 1. The zero-order chi connectivity index (χ0) is 16.4. The Labute approximate surface area is 151 Å². The van der Waals surface area contributed by atoms with Crippen molar-refractivity contribution in [3.63, 3.8) is 0 Å². The molecule has 4 fully saturated rings. The number of guanidine groups is 1. The van der Waals surface area contributed by atoms with Gasteiger partial charge in [-0.15, -0.1) is 0 Å². The van der Waals surface area contributed by atoms with Gasteiger partial charge in [0.25, 0.3) is 0 Å². The number of hydrogen-bond acceptors (Lipinski definition) is 3. The molecule has 4 aliphatic rings. The fourth-order valence-electron chi connectivity index (χ4n) is 4.89. The van der Waals surface area contributed by atoms with E-state index in [2.05, 4.69) is 31.9 Å².